The molecule has 0 saturated carbocycles. The lowest BCUT2D eigenvalue weighted by atomic mass is 10.00. The lowest BCUT2D eigenvalue weighted by molar-refractivity contribution is 0.237. The van der Waals surface area contributed by atoms with Crippen molar-refractivity contribution in [1.29, 1.82) is 0 Å². The molecule has 0 saturated heterocycles. The van der Waals surface area contributed by atoms with Gasteiger partial charge >= 0.3 is 6.03 Å². The highest BCUT2D eigenvalue weighted by Crippen LogP contribution is 2.23. The Hall–Kier alpha value is -2.43. The van der Waals surface area contributed by atoms with Crippen molar-refractivity contribution < 1.29 is 4.79 Å². The van der Waals surface area contributed by atoms with Crippen LogP contribution in [0.4, 0.5) is 4.79 Å². The molecule has 120 valence electrons. The van der Waals surface area contributed by atoms with Gasteiger partial charge in [0.15, 0.2) is 0 Å². The maximum absolute atomic E-state index is 11.9. The molecule has 2 aromatic rings. The summed E-state index contributed by atoms with van der Waals surface area (Å²) in [6, 6.07) is 8.52. The van der Waals surface area contributed by atoms with Gasteiger partial charge in [0.2, 0.25) is 0 Å². The fourth-order valence-electron chi connectivity index (χ4n) is 3.00. The van der Waals surface area contributed by atoms with Crippen molar-refractivity contribution in [1.82, 2.24) is 20.6 Å². The molecule has 0 radical (unpaired) electrons. The first-order valence-electron chi connectivity index (χ1n) is 8.14. The van der Waals surface area contributed by atoms with Crippen LogP contribution in [0.1, 0.15) is 29.7 Å². The van der Waals surface area contributed by atoms with Crippen molar-refractivity contribution in [3.63, 3.8) is 0 Å². The SMILES string of the molecule is O=C(NCc1cnccn1)NCC1CCc2ccccc2CC1. The van der Waals surface area contributed by atoms with Gasteiger partial charge in [0.25, 0.3) is 0 Å². The number of urea groups is 1. The zero-order valence-electron chi connectivity index (χ0n) is 13.2. The average molecular weight is 310 g/mol. The van der Waals surface area contributed by atoms with Gasteiger partial charge in [-0.1, -0.05) is 24.3 Å². The molecular weight excluding hydrogens is 288 g/mol. The molecule has 1 heterocycles. The second-order valence-corrected chi connectivity index (χ2v) is 5.97. The molecule has 3 rings (SSSR count). The Kier molecular flexibility index (Phi) is 5.19. The number of benzene rings is 1. The summed E-state index contributed by atoms with van der Waals surface area (Å²) in [4.78, 5) is 20.0. The smallest absolute Gasteiger partial charge is 0.315 e. The van der Waals surface area contributed by atoms with E-state index in [-0.39, 0.29) is 6.03 Å². The Morgan fingerprint density at radius 1 is 1.09 bits per heavy atom. The van der Waals surface area contributed by atoms with E-state index in [4.69, 9.17) is 0 Å². The molecule has 1 aliphatic rings. The molecular formula is C18H22N4O. The second kappa shape index (κ2) is 7.72. The van der Waals surface area contributed by atoms with Crippen LogP contribution in [0.3, 0.4) is 0 Å². The second-order valence-electron chi connectivity index (χ2n) is 5.97. The van der Waals surface area contributed by atoms with Crippen LogP contribution in [0.25, 0.3) is 0 Å². The van der Waals surface area contributed by atoms with E-state index in [0.717, 1.165) is 37.9 Å². The zero-order chi connectivity index (χ0) is 15.9. The molecule has 23 heavy (non-hydrogen) atoms. The van der Waals surface area contributed by atoms with Gasteiger partial charge in [-0.25, -0.2) is 4.79 Å². The zero-order valence-corrected chi connectivity index (χ0v) is 13.2. The number of carbonyl (C=O) groups is 1. The molecule has 0 unspecified atom stereocenters. The topological polar surface area (TPSA) is 66.9 Å². The number of nitrogens with zero attached hydrogens (tertiary/aromatic N) is 2. The third kappa shape index (κ3) is 4.52. The number of amides is 2. The van der Waals surface area contributed by atoms with E-state index < -0.39 is 0 Å². The maximum Gasteiger partial charge on any atom is 0.315 e. The molecule has 1 aliphatic carbocycles. The van der Waals surface area contributed by atoms with E-state index in [0.29, 0.717) is 12.5 Å². The largest absolute Gasteiger partial charge is 0.338 e. The lowest BCUT2D eigenvalue weighted by Crippen LogP contribution is -2.38. The molecule has 0 atom stereocenters. The third-order valence-corrected chi connectivity index (χ3v) is 4.36. The minimum atomic E-state index is -0.141. The molecule has 1 aromatic carbocycles. The number of nitrogens with one attached hydrogen (secondary N) is 2. The number of fused-ring (bicyclic) bond motifs is 1. The van der Waals surface area contributed by atoms with E-state index in [1.54, 1.807) is 18.6 Å². The molecule has 1 aromatic heterocycles. The fraction of sp³-hybridized carbons (Fsp3) is 0.389. The molecule has 0 aliphatic heterocycles. The Balaban J connectivity index is 1.41. The van der Waals surface area contributed by atoms with Gasteiger partial charge in [0.1, 0.15) is 0 Å². The van der Waals surface area contributed by atoms with Crippen LogP contribution in [0.2, 0.25) is 0 Å². The Bertz CT molecular complexity index is 617. The minimum Gasteiger partial charge on any atom is -0.338 e. The van der Waals surface area contributed by atoms with Crippen molar-refractivity contribution in [3.05, 3.63) is 59.7 Å². The van der Waals surface area contributed by atoms with Gasteiger partial charge < -0.3 is 10.6 Å². The van der Waals surface area contributed by atoms with Gasteiger partial charge in [-0.15, -0.1) is 0 Å². The summed E-state index contributed by atoms with van der Waals surface area (Å²) in [6.07, 6.45) is 9.35. The van der Waals surface area contributed by atoms with E-state index in [1.165, 1.54) is 11.1 Å². The summed E-state index contributed by atoms with van der Waals surface area (Å²) >= 11 is 0. The number of aromatic nitrogens is 2. The van der Waals surface area contributed by atoms with Crippen LogP contribution in [-0.4, -0.2) is 22.5 Å². The highest BCUT2D eigenvalue weighted by atomic mass is 16.2. The molecule has 5 nitrogen and oxygen atoms in total. The van der Waals surface area contributed by atoms with Gasteiger partial charge in [0, 0.05) is 18.9 Å². The van der Waals surface area contributed by atoms with Crippen LogP contribution in [-0.2, 0) is 19.4 Å². The summed E-state index contributed by atoms with van der Waals surface area (Å²) in [5.41, 5.74) is 3.68. The van der Waals surface area contributed by atoms with Crippen LogP contribution in [0.15, 0.2) is 42.9 Å². The maximum atomic E-state index is 11.9. The molecule has 2 amide bonds. The van der Waals surface area contributed by atoms with E-state index >= 15 is 0 Å². The standard InChI is InChI=1S/C18H22N4O/c23-18(22-13-17-12-19-9-10-20-17)21-11-14-5-7-15-3-1-2-4-16(15)8-6-14/h1-4,9-10,12,14H,5-8,11,13H2,(H2,21,22,23). The first-order valence-corrected chi connectivity index (χ1v) is 8.14. The van der Waals surface area contributed by atoms with Gasteiger partial charge in [-0.3, -0.25) is 9.97 Å². The predicted molar refractivity (Wildman–Crippen MR) is 88.8 cm³/mol. The van der Waals surface area contributed by atoms with Gasteiger partial charge in [0.05, 0.1) is 18.4 Å². The van der Waals surface area contributed by atoms with Gasteiger partial charge in [-0.05, 0) is 42.7 Å². The van der Waals surface area contributed by atoms with Crippen molar-refractivity contribution in [3.8, 4) is 0 Å². The monoisotopic (exact) mass is 310 g/mol. The van der Waals surface area contributed by atoms with Gasteiger partial charge in [-0.2, -0.15) is 0 Å². The summed E-state index contributed by atoms with van der Waals surface area (Å²) in [5, 5.41) is 5.80. The van der Waals surface area contributed by atoms with Crippen molar-refractivity contribution in [2.24, 2.45) is 5.92 Å². The van der Waals surface area contributed by atoms with E-state index in [9.17, 15) is 4.79 Å². The van der Waals surface area contributed by atoms with Crippen LogP contribution in [0.5, 0.6) is 0 Å². The third-order valence-electron chi connectivity index (χ3n) is 4.36. The number of aryl methyl sites for hydroxylation is 2. The first kappa shape index (κ1) is 15.5. The van der Waals surface area contributed by atoms with Crippen LogP contribution < -0.4 is 10.6 Å². The number of hydrogen-bond donors (Lipinski definition) is 2. The Labute approximate surface area is 136 Å². The molecule has 0 bridgehead atoms. The quantitative estimate of drug-likeness (QED) is 0.853. The summed E-state index contributed by atoms with van der Waals surface area (Å²) in [7, 11) is 0. The van der Waals surface area contributed by atoms with E-state index in [1.807, 2.05) is 0 Å². The average Bonchev–Trinajstić information content (AvgIpc) is 2.81. The van der Waals surface area contributed by atoms with Crippen molar-refractivity contribution >= 4 is 6.03 Å². The molecule has 2 N–H and O–H groups in total. The first-order chi connectivity index (χ1) is 11.3. The summed E-state index contributed by atoms with van der Waals surface area (Å²) in [5.74, 6) is 0.532. The lowest BCUT2D eigenvalue weighted by Gasteiger charge is -2.15. The predicted octanol–water partition coefficient (Wildman–Crippen LogP) is 2.47. The normalized spacial score (nSPS) is 14.6. The minimum absolute atomic E-state index is 0.141. The number of carbonyl (C=O) groups excluding carboxylic acids is 1. The summed E-state index contributed by atoms with van der Waals surface area (Å²) in [6.45, 7) is 1.12. The van der Waals surface area contributed by atoms with Crippen molar-refractivity contribution in [2.75, 3.05) is 6.54 Å². The fourth-order valence-corrected chi connectivity index (χ4v) is 3.00. The Morgan fingerprint density at radius 3 is 2.48 bits per heavy atom. The number of hydrogen-bond acceptors (Lipinski definition) is 3. The van der Waals surface area contributed by atoms with Crippen LogP contribution >= 0.6 is 0 Å². The van der Waals surface area contributed by atoms with Crippen molar-refractivity contribution in [2.45, 2.75) is 32.2 Å². The highest BCUT2D eigenvalue weighted by molar-refractivity contribution is 5.73. The Morgan fingerprint density at radius 2 is 1.83 bits per heavy atom. The van der Waals surface area contributed by atoms with Crippen LogP contribution in [0, 0.1) is 5.92 Å². The molecule has 0 spiro atoms. The molecule has 5 heteroatoms. The number of rotatable bonds is 4. The summed E-state index contributed by atoms with van der Waals surface area (Å²) < 4.78 is 0. The molecule has 0 fully saturated rings. The highest BCUT2D eigenvalue weighted by Gasteiger charge is 2.16. The van der Waals surface area contributed by atoms with E-state index in [2.05, 4.69) is 44.9 Å².